The van der Waals surface area contributed by atoms with Crippen molar-refractivity contribution in [2.45, 2.75) is 46.1 Å². The van der Waals surface area contributed by atoms with Crippen molar-refractivity contribution in [1.29, 1.82) is 0 Å². The predicted octanol–water partition coefficient (Wildman–Crippen LogP) is 2.76. The van der Waals surface area contributed by atoms with E-state index in [0.717, 1.165) is 17.8 Å². The predicted molar refractivity (Wildman–Crippen MR) is 56.7 cm³/mol. The second kappa shape index (κ2) is 2.98. The van der Waals surface area contributed by atoms with E-state index in [0.29, 0.717) is 5.54 Å². The first kappa shape index (κ1) is 9.51. The van der Waals surface area contributed by atoms with Crippen molar-refractivity contribution in [3.8, 4) is 0 Å². The molecule has 2 unspecified atom stereocenters. The van der Waals surface area contributed by atoms with Gasteiger partial charge in [0.2, 0.25) is 0 Å². The van der Waals surface area contributed by atoms with E-state index in [-0.39, 0.29) is 0 Å². The summed E-state index contributed by atoms with van der Waals surface area (Å²) in [5.74, 6) is 3.04. The first-order valence-electron chi connectivity index (χ1n) is 5.72. The molecule has 0 radical (unpaired) electrons. The van der Waals surface area contributed by atoms with E-state index >= 15 is 0 Å². The quantitative estimate of drug-likeness (QED) is 0.555. The maximum Gasteiger partial charge on any atom is 0.0125 e. The fourth-order valence-corrected chi connectivity index (χ4v) is 3.15. The van der Waals surface area contributed by atoms with Crippen LogP contribution in [0.3, 0.4) is 0 Å². The average Bonchev–Trinajstić information content (AvgIpc) is 2.40. The van der Waals surface area contributed by atoms with Crippen molar-refractivity contribution >= 4 is 0 Å². The Morgan fingerprint density at radius 2 is 1.46 bits per heavy atom. The number of hydrogen-bond donors (Lipinski definition) is 0. The zero-order chi connectivity index (χ0) is 9.64. The van der Waals surface area contributed by atoms with Crippen molar-refractivity contribution in [3.05, 3.63) is 0 Å². The van der Waals surface area contributed by atoms with Gasteiger partial charge in [-0.3, -0.25) is 4.90 Å². The maximum atomic E-state index is 2.67. The average molecular weight is 181 g/mol. The molecule has 2 rings (SSSR count). The van der Waals surface area contributed by atoms with Crippen LogP contribution in [0, 0.1) is 17.8 Å². The molecule has 1 aliphatic carbocycles. The van der Waals surface area contributed by atoms with Gasteiger partial charge in [-0.2, -0.15) is 0 Å². The van der Waals surface area contributed by atoms with Crippen LogP contribution in [-0.2, 0) is 0 Å². The van der Waals surface area contributed by atoms with Gasteiger partial charge in [0.1, 0.15) is 0 Å². The molecule has 0 aromatic heterocycles. The molecule has 0 spiro atoms. The van der Waals surface area contributed by atoms with E-state index in [2.05, 4.69) is 32.6 Å². The molecule has 1 saturated heterocycles. The van der Waals surface area contributed by atoms with Crippen LogP contribution in [0.1, 0.15) is 40.5 Å². The second-order valence-electron chi connectivity index (χ2n) is 6.17. The lowest BCUT2D eigenvalue weighted by Gasteiger charge is -2.32. The molecule has 1 aliphatic heterocycles. The van der Waals surface area contributed by atoms with Crippen molar-refractivity contribution < 1.29 is 0 Å². The normalized spacial score (nSPS) is 41.1. The van der Waals surface area contributed by atoms with Crippen LogP contribution in [0.5, 0.6) is 0 Å². The molecule has 1 saturated carbocycles. The number of rotatable bonds is 0. The van der Waals surface area contributed by atoms with Gasteiger partial charge in [0.15, 0.2) is 0 Å². The van der Waals surface area contributed by atoms with E-state index in [4.69, 9.17) is 0 Å². The number of fused-ring (bicyclic) bond motifs is 1. The molecule has 13 heavy (non-hydrogen) atoms. The monoisotopic (exact) mass is 181 g/mol. The SMILES string of the molecule is CC1CC2CN(C(C)(C)C)CC2C1. The van der Waals surface area contributed by atoms with E-state index in [1.165, 1.54) is 25.9 Å². The molecular weight excluding hydrogens is 158 g/mol. The van der Waals surface area contributed by atoms with E-state index in [9.17, 15) is 0 Å². The summed E-state index contributed by atoms with van der Waals surface area (Å²) in [6, 6.07) is 0. The number of likely N-dealkylation sites (tertiary alicyclic amines) is 1. The molecular formula is C12H23N. The summed E-state index contributed by atoms with van der Waals surface area (Å²) in [4.78, 5) is 2.67. The van der Waals surface area contributed by atoms with Crippen molar-refractivity contribution in [2.24, 2.45) is 17.8 Å². The Labute approximate surface area is 82.5 Å². The smallest absolute Gasteiger partial charge is 0.0125 e. The van der Waals surface area contributed by atoms with Gasteiger partial charge in [-0.25, -0.2) is 0 Å². The fraction of sp³-hybridized carbons (Fsp3) is 1.00. The highest BCUT2D eigenvalue weighted by Crippen LogP contribution is 2.42. The Balaban J connectivity index is 1.98. The molecule has 0 amide bonds. The third-order valence-electron chi connectivity index (χ3n) is 3.94. The minimum absolute atomic E-state index is 0.396. The molecule has 1 heterocycles. The van der Waals surface area contributed by atoms with Crippen molar-refractivity contribution in [1.82, 2.24) is 4.90 Å². The topological polar surface area (TPSA) is 3.24 Å². The lowest BCUT2D eigenvalue weighted by atomic mass is 10.0. The molecule has 0 aromatic rings. The summed E-state index contributed by atoms with van der Waals surface area (Å²) < 4.78 is 0. The molecule has 0 bridgehead atoms. The molecule has 2 atom stereocenters. The van der Waals surface area contributed by atoms with Crippen LogP contribution >= 0.6 is 0 Å². The van der Waals surface area contributed by atoms with Crippen LogP contribution in [0.25, 0.3) is 0 Å². The molecule has 1 nitrogen and oxygen atoms in total. The Kier molecular flexibility index (Phi) is 2.18. The van der Waals surface area contributed by atoms with E-state index in [1.807, 2.05) is 0 Å². The van der Waals surface area contributed by atoms with Gasteiger partial charge in [0.05, 0.1) is 0 Å². The Hall–Kier alpha value is -0.0400. The zero-order valence-corrected chi connectivity index (χ0v) is 9.51. The van der Waals surface area contributed by atoms with E-state index < -0.39 is 0 Å². The highest BCUT2D eigenvalue weighted by Gasteiger charge is 2.42. The molecule has 2 fully saturated rings. The third-order valence-corrected chi connectivity index (χ3v) is 3.94. The molecule has 0 aromatic carbocycles. The van der Waals surface area contributed by atoms with Gasteiger partial charge in [-0.1, -0.05) is 6.92 Å². The molecule has 76 valence electrons. The van der Waals surface area contributed by atoms with Gasteiger partial charge in [-0.05, 0) is 51.4 Å². The zero-order valence-electron chi connectivity index (χ0n) is 9.51. The molecule has 2 aliphatic rings. The Morgan fingerprint density at radius 1 is 1.00 bits per heavy atom. The largest absolute Gasteiger partial charge is 0.298 e. The standard InChI is InChI=1S/C12H23N/c1-9-5-10-7-13(12(2,3)4)8-11(10)6-9/h9-11H,5-8H2,1-4H3. The number of nitrogens with zero attached hydrogens (tertiary/aromatic N) is 1. The van der Waals surface area contributed by atoms with Crippen LogP contribution in [0.15, 0.2) is 0 Å². The molecule has 1 heteroatoms. The fourth-order valence-electron chi connectivity index (χ4n) is 3.15. The van der Waals surface area contributed by atoms with Gasteiger partial charge in [0, 0.05) is 18.6 Å². The van der Waals surface area contributed by atoms with Crippen molar-refractivity contribution in [2.75, 3.05) is 13.1 Å². The van der Waals surface area contributed by atoms with Crippen LogP contribution in [-0.4, -0.2) is 23.5 Å². The summed E-state index contributed by atoms with van der Waals surface area (Å²) in [6.45, 7) is 12.2. The highest BCUT2D eigenvalue weighted by atomic mass is 15.2. The van der Waals surface area contributed by atoms with Crippen LogP contribution < -0.4 is 0 Å². The summed E-state index contributed by atoms with van der Waals surface area (Å²) in [7, 11) is 0. The van der Waals surface area contributed by atoms with Crippen LogP contribution in [0.2, 0.25) is 0 Å². The lowest BCUT2D eigenvalue weighted by molar-refractivity contribution is 0.158. The first-order chi connectivity index (χ1) is 5.97. The Bertz CT molecular complexity index is 178. The maximum absolute atomic E-state index is 2.67. The van der Waals surface area contributed by atoms with Crippen LogP contribution in [0.4, 0.5) is 0 Å². The van der Waals surface area contributed by atoms with E-state index in [1.54, 1.807) is 0 Å². The van der Waals surface area contributed by atoms with Gasteiger partial charge in [-0.15, -0.1) is 0 Å². The summed E-state index contributed by atoms with van der Waals surface area (Å²) >= 11 is 0. The minimum atomic E-state index is 0.396. The number of hydrogen-bond acceptors (Lipinski definition) is 1. The molecule has 0 N–H and O–H groups in total. The van der Waals surface area contributed by atoms with Gasteiger partial charge < -0.3 is 0 Å². The van der Waals surface area contributed by atoms with Gasteiger partial charge in [0.25, 0.3) is 0 Å². The third kappa shape index (κ3) is 1.76. The lowest BCUT2D eigenvalue weighted by Crippen LogP contribution is -2.40. The second-order valence-corrected chi connectivity index (χ2v) is 6.17. The Morgan fingerprint density at radius 3 is 1.85 bits per heavy atom. The first-order valence-corrected chi connectivity index (χ1v) is 5.72. The van der Waals surface area contributed by atoms with Gasteiger partial charge >= 0.3 is 0 Å². The van der Waals surface area contributed by atoms with Crippen molar-refractivity contribution in [3.63, 3.8) is 0 Å². The minimum Gasteiger partial charge on any atom is -0.298 e. The highest BCUT2D eigenvalue weighted by molar-refractivity contribution is 4.94. The summed E-state index contributed by atoms with van der Waals surface area (Å²) in [5.41, 5.74) is 0.396. The summed E-state index contributed by atoms with van der Waals surface area (Å²) in [6.07, 6.45) is 2.97. The summed E-state index contributed by atoms with van der Waals surface area (Å²) in [5, 5.41) is 0.